The van der Waals surface area contributed by atoms with Crippen LogP contribution in [0.3, 0.4) is 0 Å². The Morgan fingerprint density at radius 1 is 0.393 bits per heavy atom. The summed E-state index contributed by atoms with van der Waals surface area (Å²) < 4.78 is 64.8. The molecule has 4 aromatic carbocycles. The number of halogens is 4. The summed E-state index contributed by atoms with van der Waals surface area (Å²) in [6, 6.07) is 10.9. The van der Waals surface area contributed by atoms with Gasteiger partial charge in [0.05, 0.1) is 10.8 Å². The molecule has 2 nitrogen and oxygen atoms in total. The molecule has 6 rings (SSSR count). The lowest BCUT2D eigenvalue weighted by atomic mass is 9.95. The number of hydrogen-bond donors (Lipinski definition) is 0. The van der Waals surface area contributed by atoms with Gasteiger partial charge in [0.15, 0.2) is 0 Å². The smallest absolute Gasteiger partial charge is 0.315 e. The van der Waals surface area contributed by atoms with Gasteiger partial charge >= 0.3 is 12.0 Å². The van der Waals surface area contributed by atoms with Gasteiger partial charge in [-0.25, -0.2) is 0 Å². The quantitative estimate of drug-likeness (QED) is 0.206. The Labute approximate surface area is 153 Å². The van der Waals surface area contributed by atoms with E-state index in [0.29, 0.717) is 10.8 Å². The van der Waals surface area contributed by atoms with Crippen LogP contribution in [0.4, 0.5) is 17.6 Å². The average molecular weight is 380 g/mol. The van der Waals surface area contributed by atoms with Crippen LogP contribution in [-0.2, 0) is 0 Å². The van der Waals surface area contributed by atoms with E-state index in [0.717, 1.165) is 21.5 Å². The largest absolute Gasteiger partial charge is 0.428 e. The van der Waals surface area contributed by atoms with Crippen molar-refractivity contribution in [2.24, 2.45) is 0 Å². The van der Waals surface area contributed by atoms with Crippen molar-refractivity contribution in [3.63, 3.8) is 0 Å². The van der Waals surface area contributed by atoms with E-state index in [-0.39, 0.29) is 21.9 Å². The first kappa shape index (κ1) is 15.5. The number of furan rings is 2. The molecule has 0 fully saturated rings. The van der Waals surface area contributed by atoms with Crippen LogP contribution in [0.1, 0.15) is 0 Å². The minimum Gasteiger partial charge on any atom is -0.428 e. The normalized spacial score (nSPS) is 12.3. The zero-order chi connectivity index (χ0) is 19.2. The zero-order valence-corrected chi connectivity index (χ0v) is 13.9. The van der Waals surface area contributed by atoms with Crippen molar-refractivity contribution in [2.75, 3.05) is 0 Å². The fraction of sp³-hybridized carbons (Fsp3) is 0. The Morgan fingerprint density at radius 3 is 1.07 bits per heavy atom. The maximum absolute atomic E-state index is 13.9. The monoisotopic (exact) mass is 380 g/mol. The van der Waals surface area contributed by atoms with E-state index in [4.69, 9.17) is 8.83 Å². The first-order valence-corrected chi connectivity index (χ1v) is 8.47. The number of hydrogen-bond acceptors (Lipinski definition) is 2. The Balaban J connectivity index is 1.78. The molecule has 2 heterocycles. The maximum atomic E-state index is 13.9. The van der Waals surface area contributed by atoms with Crippen molar-refractivity contribution in [1.29, 1.82) is 0 Å². The van der Waals surface area contributed by atoms with Gasteiger partial charge in [0, 0.05) is 10.8 Å². The van der Waals surface area contributed by atoms with Crippen LogP contribution in [0.25, 0.3) is 54.3 Å². The fourth-order valence-corrected chi connectivity index (χ4v) is 4.03. The predicted octanol–water partition coefficient (Wildman–Crippen LogP) is 7.20. The highest BCUT2D eigenvalue weighted by molar-refractivity contribution is 6.23. The van der Waals surface area contributed by atoms with Crippen LogP contribution >= 0.6 is 0 Å². The molecule has 0 amide bonds. The molecule has 0 radical (unpaired) electrons. The Hall–Kier alpha value is -3.54. The van der Waals surface area contributed by atoms with E-state index in [2.05, 4.69) is 0 Å². The summed E-state index contributed by atoms with van der Waals surface area (Å²) in [6.45, 7) is 0. The van der Waals surface area contributed by atoms with Crippen LogP contribution in [0.2, 0.25) is 0 Å². The molecule has 6 aromatic rings. The predicted molar refractivity (Wildman–Crippen MR) is 98.3 cm³/mol. The van der Waals surface area contributed by atoms with E-state index in [1.54, 1.807) is 36.4 Å². The second-order valence-corrected chi connectivity index (χ2v) is 6.68. The molecular weight excluding hydrogens is 372 g/mol. The lowest BCUT2D eigenvalue weighted by Crippen LogP contribution is -1.82. The van der Waals surface area contributed by atoms with Gasteiger partial charge in [0.1, 0.15) is 11.2 Å². The summed E-state index contributed by atoms with van der Waals surface area (Å²) in [5.41, 5.74) is 0.278. The summed E-state index contributed by atoms with van der Waals surface area (Å²) in [5.74, 6) is -2.03. The van der Waals surface area contributed by atoms with Gasteiger partial charge in [-0.15, -0.1) is 0 Å². The van der Waals surface area contributed by atoms with Crippen LogP contribution in [0.15, 0.2) is 57.4 Å². The molecule has 2 aromatic heterocycles. The SMILES string of the molecule is Fc1oc2c(ccc3c4ccc5c(ccc6c(F)c(F)oc65)c4ccc32)c1F. The van der Waals surface area contributed by atoms with Gasteiger partial charge < -0.3 is 8.83 Å². The maximum Gasteiger partial charge on any atom is 0.315 e. The Kier molecular flexibility index (Phi) is 2.79. The standard InChI is InChI=1S/C22H8F4O2/c23-17-15-8-4-12-10-2-6-14-11(3-7-16-18(24)22(26)28-20(14)16)9(10)1-5-13(12)19(15)27-21(17)25/h1-8H. The van der Waals surface area contributed by atoms with Crippen LogP contribution in [0.5, 0.6) is 0 Å². The number of rotatable bonds is 0. The van der Waals surface area contributed by atoms with E-state index in [1.807, 2.05) is 0 Å². The van der Waals surface area contributed by atoms with E-state index in [1.165, 1.54) is 12.1 Å². The van der Waals surface area contributed by atoms with Crippen molar-refractivity contribution < 1.29 is 26.4 Å². The molecule has 0 saturated heterocycles. The molecular formula is C22H8F4O2. The Bertz CT molecular complexity index is 1490. The molecule has 0 spiro atoms. The Morgan fingerprint density at radius 2 is 0.679 bits per heavy atom. The van der Waals surface area contributed by atoms with Gasteiger partial charge in [-0.1, -0.05) is 24.3 Å². The van der Waals surface area contributed by atoms with Crippen LogP contribution in [-0.4, -0.2) is 0 Å². The van der Waals surface area contributed by atoms with Gasteiger partial charge in [0.25, 0.3) is 0 Å². The molecule has 0 saturated carbocycles. The third-order valence-corrected chi connectivity index (χ3v) is 5.30. The summed E-state index contributed by atoms with van der Waals surface area (Å²) in [7, 11) is 0. The minimum absolute atomic E-state index is 0.0772. The van der Waals surface area contributed by atoms with Crippen LogP contribution in [0, 0.1) is 23.7 Å². The summed E-state index contributed by atoms with van der Waals surface area (Å²) in [6.07, 6.45) is 0. The molecule has 6 heteroatoms. The summed E-state index contributed by atoms with van der Waals surface area (Å²) >= 11 is 0. The van der Waals surface area contributed by atoms with E-state index < -0.39 is 23.7 Å². The second kappa shape index (κ2) is 5.04. The molecule has 0 bridgehead atoms. The topological polar surface area (TPSA) is 26.3 Å². The molecule has 0 unspecified atom stereocenters. The number of benzene rings is 4. The minimum atomic E-state index is -1.25. The third kappa shape index (κ3) is 1.77. The van der Waals surface area contributed by atoms with Crippen molar-refractivity contribution in [2.45, 2.75) is 0 Å². The van der Waals surface area contributed by atoms with Crippen LogP contribution < -0.4 is 0 Å². The number of fused-ring (bicyclic) bond motifs is 9. The highest BCUT2D eigenvalue weighted by Gasteiger charge is 2.19. The molecule has 0 aliphatic rings. The van der Waals surface area contributed by atoms with Crippen molar-refractivity contribution in [1.82, 2.24) is 0 Å². The van der Waals surface area contributed by atoms with Gasteiger partial charge in [-0.3, -0.25) is 0 Å². The zero-order valence-electron chi connectivity index (χ0n) is 13.9. The second-order valence-electron chi connectivity index (χ2n) is 6.68. The molecule has 28 heavy (non-hydrogen) atoms. The first-order valence-electron chi connectivity index (χ1n) is 8.47. The van der Waals surface area contributed by atoms with Crippen molar-refractivity contribution in [3.05, 3.63) is 72.2 Å². The molecule has 0 aliphatic carbocycles. The lowest BCUT2D eigenvalue weighted by molar-refractivity contribution is 0.343. The molecule has 0 atom stereocenters. The highest BCUT2D eigenvalue weighted by atomic mass is 19.2. The first-order chi connectivity index (χ1) is 13.5. The molecule has 0 aliphatic heterocycles. The summed E-state index contributed by atoms with van der Waals surface area (Å²) in [4.78, 5) is 0. The fourth-order valence-electron chi connectivity index (χ4n) is 4.03. The van der Waals surface area contributed by atoms with E-state index in [9.17, 15) is 17.6 Å². The van der Waals surface area contributed by atoms with Crippen molar-refractivity contribution in [3.8, 4) is 0 Å². The highest BCUT2D eigenvalue weighted by Crippen LogP contribution is 2.39. The lowest BCUT2D eigenvalue weighted by Gasteiger charge is -2.08. The molecule has 136 valence electrons. The van der Waals surface area contributed by atoms with Gasteiger partial charge in [0.2, 0.25) is 11.6 Å². The van der Waals surface area contributed by atoms with Gasteiger partial charge in [-0.2, -0.15) is 17.6 Å². The van der Waals surface area contributed by atoms with Gasteiger partial charge in [-0.05, 0) is 45.8 Å². The third-order valence-electron chi connectivity index (χ3n) is 5.30. The summed E-state index contributed by atoms with van der Waals surface area (Å²) in [5, 5.41) is 4.43. The van der Waals surface area contributed by atoms with Crippen molar-refractivity contribution >= 4 is 54.3 Å². The average Bonchev–Trinajstić information content (AvgIpc) is 3.17. The van der Waals surface area contributed by atoms with E-state index >= 15 is 0 Å². The molecule has 0 N–H and O–H groups in total.